The first kappa shape index (κ1) is 44.4. The Kier molecular flexibility index (Phi) is 33.4. The normalized spacial score (nSPS) is 18.0. The van der Waals surface area contributed by atoms with Gasteiger partial charge in [0.1, 0.15) is 0 Å². The molecule has 1 aliphatic heterocycles. The van der Waals surface area contributed by atoms with Crippen molar-refractivity contribution in [2.45, 2.75) is 154 Å². The van der Waals surface area contributed by atoms with E-state index >= 15 is 0 Å². The SMILES string of the molecule is CC.CC1CCC(=O)NC1.CCC(C)=C(C)C(C)=N.CCC(C)CC1(CC)CC1.CCCC.CN=C(C)NC. The maximum Gasteiger partial charge on any atom is 0.220 e. The molecule has 0 aromatic rings. The molecule has 0 bridgehead atoms. The molecule has 2 rings (SSSR count). The molecule has 5 nitrogen and oxygen atoms in total. The van der Waals surface area contributed by atoms with E-state index in [1.54, 1.807) is 7.05 Å². The second-order valence-electron chi connectivity index (χ2n) is 11.0. The van der Waals surface area contributed by atoms with Gasteiger partial charge in [0, 0.05) is 32.8 Å². The fourth-order valence-corrected chi connectivity index (χ4v) is 3.32. The van der Waals surface area contributed by atoms with Crippen molar-refractivity contribution in [2.75, 3.05) is 20.6 Å². The van der Waals surface area contributed by atoms with E-state index in [1.807, 2.05) is 41.7 Å². The number of nitrogens with one attached hydrogen (secondary N) is 3. The van der Waals surface area contributed by atoms with Crippen LogP contribution in [0.1, 0.15) is 154 Å². The first-order chi connectivity index (χ1) is 18.3. The van der Waals surface area contributed by atoms with Crippen molar-refractivity contribution < 1.29 is 4.79 Å². The second-order valence-corrected chi connectivity index (χ2v) is 11.0. The van der Waals surface area contributed by atoms with Gasteiger partial charge in [-0.1, -0.05) is 93.6 Å². The third kappa shape index (κ3) is 29.2. The van der Waals surface area contributed by atoms with Gasteiger partial charge in [-0.05, 0) is 82.6 Å². The van der Waals surface area contributed by atoms with E-state index in [-0.39, 0.29) is 5.91 Å². The van der Waals surface area contributed by atoms with E-state index in [2.05, 4.69) is 71.0 Å². The van der Waals surface area contributed by atoms with Crippen molar-refractivity contribution in [1.29, 1.82) is 5.41 Å². The van der Waals surface area contributed by atoms with Crippen LogP contribution in [0.4, 0.5) is 0 Å². The van der Waals surface area contributed by atoms with Crippen LogP contribution in [-0.2, 0) is 4.79 Å². The predicted octanol–water partition coefficient (Wildman–Crippen LogP) is 10.0. The largest absolute Gasteiger partial charge is 0.377 e. The number of aliphatic imine (C=N–C) groups is 1. The number of hydrogen-bond donors (Lipinski definition) is 3. The molecule has 39 heavy (non-hydrogen) atoms. The molecule has 5 heteroatoms. The van der Waals surface area contributed by atoms with Crippen molar-refractivity contribution in [3.63, 3.8) is 0 Å². The third-order valence-corrected chi connectivity index (χ3v) is 7.63. The van der Waals surface area contributed by atoms with Crippen molar-refractivity contribution in [3.8, 4) is 0 Å². The Balaban J connectivity index is -0.000000198. The van der Waals surface area contributed by atoms with E-state index in [9.17, 15) is 4.79 Å². The topological polar surface area (TPSA) is 77.3 Å². The van der Waals surface area contributed by atoms with Crippen LogP contribution in [0.5, 0.6) is 0 Å². The quantitative estimate of drug-likeness (QED) is 0.217. The molecule has 2 fully saturated rings. The average molecular weight is 553 g/mol. The number of unbranched alkanes of at least 4 members (excludes halogenated alkanes) is 1. The Bertz CT molecular complexity index is 636. The number of carbonyl (C=O) groups excluding carboxylic acids is 1. The van der Waals surface area contributed by atoms with Crippen molar-refractivity contribution >= 4 is 17.5 Å². The number of rotatable bonds is 7. The van der Waals surface area contributed by atoms with Crippen LogP contribution in [-0.4, -0.2) is 38.1 Å². The van der Waals surface area contributed by atoms with E-state index < -0.39 is 0 Å². The summed E-state index contributed by atoms with van der Waals surface area (Å²) in [6.07, 6.45) is 12.8. The molecule has 0 radical (unpaired) electrons. The smallest absolute Gasteiger partial charge is 0.220 e. The molecule has 1 aliphatic carbocycles. The summed E-state index contributed by atoms with van der Waals surface area (Å²) in [5, 5.41) is 12.9. The van der Waals surface area contributed by atoms with Gasteiger partial charge < -0.3 is 16.0 Å². The number of piperidine rings is 1. The lowest BCUT2D eigenvalue weighted by molar-refractivity contribution is -0.122. The highest BCUT2D eigenvalue weighted by Gasteiger charge is 2.40. The number of carbonyl (C=O) groups is 1. The molecule has 0 aromatic carbocycles. The molecule has 1 amide bonds. The zero-order chi connectivity index (χ0) is 31.4. The zero-order valence-corrected chi connectivity index (χ0v) is 29.3. The average Bonchev–Trinajstić information content (AvgIpc) is 3.74. The number of amides is 1. The predicted molar refractivity (Wildman–Crippen MR) is 180 cm³/mol. The van der Waals surface area contributed by atoms with Crippen LogP contribution in [0.3, 0.4) is 0 Å². The van der Waals surface area contributed by atoms with Crippen molar-refractivity contribution in [1.82, 2.24) is 10.6 Å². The molecular weight excluding hydrogens is 480 g/mol. The van der Waals surface area contributed by atoms with Crippen molar-refractivity contribution in [2.24, 2.45) is 22.2 Å². The molecule has 2 unspecified atom stereocenters. The molecule has 1 saturated carbocycles. The lowest BCUT2D eigenvalue weighted by Crippen LogP contribution is -2.33. The second kappa shape index (κ2) is 29.3. The van der Waals surface area contributed by atoms with Gasteiger partial charge in [-0.3, -0.25) is 9.79 Å². The summed E-state index contributed by atoms with van der Waals surface area (Å²) in [6, 6.07) is 0. The lowest BCUT2D eigenvalue weighted by Gasteiger charge is -2.17. The molecular formula is C34H72N4O. The summed E-state index contributed by atoms with van der Waals surface area (Å²) in [5.74, 6) is 2.83. The molecule has 0 spiro atoms. The first-order valence-corrected chi connectivity index (χ1v) is 15.9. The summed E-state index contributed by atoms with van der Waals surface area (Å²) < 4.78 is 0. The van der Waals surface area contributed by atoms with Gasteiger partial charge in [0.15, 0.2) is 0 Å². The summed E-state index contributed by atoms with van der Waals surface area (Å²) >= 11 is 0. The molecule has 3 N–H and O–H groups in total. The molecule has 234 valence electrons. The zero-order valence-electron chi connectivity index (χ0n) is 29.3. The number of allylic oxidation sites excluding steroid dienone is 2. The molecule has 1 heterocycles. The Morgan fingerprint density at radius 3 is 1.77 bits per heavy atom. The van der Waals surface area contributed by atoms with Gasteiger partial charge in [-0.2, -0.15) is 0 Å². The van der Waals surface area contributed by atoms with Gasteiger partial charge in [0.05, 0.1) is 5.84 Å². The Hall–Kier alpha value is -1.65. The molecule has 0 aromatic heterocycles. The van der Waals surface area contributed by atoms with Gasteiger partial charge >= 0.3 is 0 Å². The maximum atomic E-state index is 10.5. The summed E-state index contributed by atoms with van der Waals surface area (Å²) in [4.78, 5) is 14.3. The Morgan fingerprint density at radius 1 is 1.08 bits per heavy atom. The minimum Gasteiger partial charge on any atom is -0.377 e. The third-order valence-electron chi connectivity index (χ3n) is 7.63. The number of hydrogen-bond acceptors (Lipinski definition) is 3. The highest BCUT2D eigenvalue weighted by molar-refractivity contribution is 5.95. The minimum atomic E-state index is 0.211. The van der Waals surface area contributed by atoms with Crippen LogP contribution in [0, 0.1) is 22.7 Å². The maximum absolute atomic E-state index is 10.5. The van der Waals surface area contributed by atoms with Gasteiger partial charge in [0.25, 0.3) is 0 Å². The number of nitrogens with zero attached hydrogens (tertiary/aromatic N) is 1. The van der Waals surface area contributed by atoms with E-state index in [4.69, 9.17) is 5.41 Å². The highest BCUT2D eigenvalue weighted by Crippen LogP contribution is 2.53. The van der Waals surface area contributed by atoms with Gasteiger partial charge in [0.2, 0.25) is 5.91 Å². The van der Waals surface area contributed by atoms with Crippen molar-refractivity contribution in [3.05, 3.63) is 11.1 Å². The standard InChI is InChI=1S/C10H20.C8H15N.C6H11NO.C4H10N2.C4H10.C2H6/c1-4-9(3)8-10(5-2)6-7-10;1-5-6(2)7(3)8(4)9;1-5-2-3-6(8)7-4-5;1-4(5-2)6-3;1-3-4-2;1-2/h9H,4-8H2,1-3H3;9H,5H2,1-4H3;5H,2-4H2,1H3,(H,7,8);1-3H3,(H,5,6);3-4H2,1-2H3;1-2H3. The summed E-state index contributed by atoms with van der Waals surface area (Å²) in [5.41, 5.74) is 3.96. The monoisotopic (exact) mass is 553 g/mol. The summed E-state index contributed by atoms with van der Waals surface area (Å²) in [6.45, 7) is 28.4. The molecule has 2 atom stereocenters. The molecule has 2 aliphatic rings. The first-order valence-electron chi connectivity index (χ1n) is 15.9. The van der Waals surface area contributed by atoms with Crippen LogP contribution >= 0.6 is 0 Å². The number of amidine groups is 1. The fourth-order valence-electron chi connectivity index (χ4n) is 3.32. The fraction of sp³-hybridized carbons (Fsp3) is 0.853. The Morgan fingerprint density at radius 2 is 1.59 bits per heavy atom. The summed E-state index contributed by atoms with van der Waals surface area (Å²) in [7, 11) is 3.61. The van der Waals surface area contributed by atoms with E-state index in [0.717, 1.165) is 48.5 Å². The van der Waals surface area contributed by atoms with Crippen LogP contribution in [0.2, 0.25) is 0 Å². The van der Waals surface area contributed by atoms with E-state index in [1.165, 1.54) is 50.5 Å². The Labute approximate surface area is 246 Å². The van der Waals surface area contributed by atoms with Crippen LogP contribution in [0.25, 0.3) is 0 Å². The highest BCUT2D eigenvalue weighted by atomic mass is 16.1. The van der Waals surface area contributed by atoms with Crippen LogP contribution < -0.4 is 10.6 Å². The minimum absolute atomic E-state index is 0.211. The molecule has 1 saturated heterocycles. The van der Waals surface area contributed by atoms with Crippen LogP contribution in [0.15, 0.2) is 16.1 Å². The van der Waals surface area contributed by atoms with E-state index in [0.29, 0.717) is 11.6 Å². The lowest BCUT2D eigenvalue weighted by atomic mass is 9.90. The van der Waals surface area contributed by atoms with Gasteiger partial charge in [-0.15, -0.1) is 0 Å². The van der Waals surface area contributed by atoms with Gasteiger partial charge in [-0.25, -0.2) is 0 Å².